The van der Waals surface area contributed by atoms with Crippen LogP contribution in [0.5, 0.6) is 0 Å². The van der Waals surface area contributed by atoms with Gasteiger partial charge in [-0.05, 0) is 24.3 Å². The summed E-state index contributed by atoms with van der Waals surface area (Å²) in [4.78, 5) is 38.5. The minimum Gasteiger partial charge on any atom is -0.480 e. The van der Waals surface area contributed by atoms with Crippen LogP contribution in [0, 0.1) is 0 Å². The highest BCUT2D eigenvalue weighted by atomic mass is 16.4. The van der Waals surface area contributed by atoms with E-state index in [1.54, 1.807) is 49.5 Å². The van der Waals surface area contributed by atoms with E-state index in [2.05, 4.69) is 0 Å². The molecule has 2 rings (SSSR count). The van der Waals surface area contributed by atoms with Crippen molar-refractivity contribution in [1.82, 2.24) is 0 Å². The number of nitrogens with two attached hydrogens (primary N) is 1. The van der Waals surface area contributed by atoms with E-state index in [0.29, 0.717) is 5.69 Å². The first-order valence-corrected chi connectivity index (χ1v) is 7.60. The van der Waals surface area contributed by atoms with Crippen LogP contribution in [0.25, 0.3) is 0 Å². The van der Waals surface area contributed by atoms with Crippen LogP contribution in [0.2, 0.25) is 0 Å². The molecule has 0 saturated carbocycles. The van der Waals surface area contributed by atoms with Gasteiger partial charge in [-0.2, -0.15) is 0 Å². The molecule has 7 nitrogen and oxygen atoms in total. The Kier molecular flexibility index (Phi) is 5.86. The summed E-state index contributed by atoms with van der Waals surface area (Å²) in [5, 5.41) is 9.08. The maximum Gasteiger partial charge on any atom is 0.323 e. The Balaban J connectivity index is 2.43. The van der Waals surface area contributed by atoms with E-state index in [4.69, 9.17) is 10.8 Å². The van der Waals surface area contributed by atoms with Crippen LogP contribution in [0.1, 0.15) is 10.4 Å². The minimum absolute atomic E-state index is 0.216. The average molecular weight is 341 g/mol. The van der Waals surface area contributed by atoms with Gasteiger partial charge in [0.2, 0.25) is 5.91 Å². The van der Waals surface area contributed by atoms with Crippen molar-refractivity contribution in [3.05, 3.63) is 60.2 Å². The molecule has 2 aromatic rings. The Morgan fingerprint density at radius 1 is 1.00 bits per heavy atom. The molecular formula is C18H19N3O4. The van der Waals surface area contributed by atoms with Gasteiger partial charge in [-0.15, -0.1) is 0 Å². The molecule has 0 atom stereocenters. The molecule has 0 radical (unpaired) electrons. The van der Waals surface area contributed by atoms with E-state index in [1.807, 2.05) is 6.07 Å². The van der Waals surface area contributed by atoms with Gasteiger partial charge >= 0.3 is 5.97 Å². The Labute approximate surface area is 145 Å². The number of benzene rings is 2. The van der Waals surface area contributed by atoms with Crippen LogP contribution in [-0.2, 0) is 9.59 Å². The zero-order chi connectivity index (χ0) is 18.4. The maximum atomic E-state index is 12.9. The van der Waals surface area contributed by atoms with Crippen molar-refractivity contribution >= 4 is 29.2 Å². The number of carboxylic acid groups (broad SMARTS) is 1. The summed E-state index contributed by atoms with van der Waals surface area (Å²) in [6.07, 6.45) is 0. The number of amides is 2. The Morgan fingerprint density at radius 2 is 1.60 bits per heavy atom. The van der Waals surface area contributed by atoms with Crippen LogP contribution < -0.4 is 15.5 Å². The molecule has 0 aliphatic heterocycles. The second-order valence-electron chi connectivity index (χ2n) is 5.29. The van der Waals surface area contributed by atoms with Crippen LogP contribution in [0.4, 0.5) is 11.4 Å². The van der Waals surface area contributed by atoms with Gasteiger partial charge in [-0.3, -0.25) is 19.3 Å². The fourth-order valence-corrected chi connectivity index (χ4v) is 2.39. The molecule has 2 aromatic carbocycles. The quantitative estimate of drug-likeness (QED) is 0.825. The first-order valence-electron chi connectivity index (χ1n) is 7.60. The molecule has 7 heteroatoms. The lowest BCUT2D eigenvalue weighted by Crippen LogP contribution is -2.41. The van der Waals surface area contributed by atoms with Gasteiger partial charge in [0.15, 0.2) is 0 Å². The second-order valence-corrected chi connectivity index (χ2v) is 5.29. The molecule has 0 aliphatic rings. The molecule has 0 bridgehead atoms. The summed E-state index contributed by atoms with van der Waals surface area (Å²) in [6, 6.07) is 15.4. The van der Waals surface area contributed by atoms with Crippen LogP contribution in [-0.4, -0.2) is 43.0 Å². The van der Waals surface area contributed by atoms with Crippen molar-refractivity contribution in [3.8, 4) is 0 Å². The van der Waals surface area contributed by atoms with Crippen molar-refractivity contribution < 1.29 is 19.5 Å². The number of carbonyl (C=O) groups excluding carboxylic acids is 2. The number of hydrogen-bond acceptors (Lipinski definition) is 4. The molecule has 0 fully saturated rings. The van der Waals surface area contributed by atoms with Crippen molar-refractivity contribution in [2.45, 2.75) is 0 Å². The second kappa shape index (κ2) is 8.07. The number of rotatable bonds is 6. The van der Waals surface area contributed by atoms with Gasteiger partial charge in [0.25, 0.3) is 5.91 Å². The molecular weight excluding hydrogens is 322 g/mol. The van der Waals surface area contributed by atoms with Crippen LogP contribution in [0.15, 0.2) is 54.6 Å². The number of hydrogen-bond donors (Lipinski definition) is 2. The lowest BCUT2D eigenvalue weighted by molar-refractivity contribution is -0.136. The topological polar surface area (TPSA) is 104 Å². The lowest BCUT2D eigenvalue weighted by Gasteiger charge is -2.25. The smallest absolute Gasteiger partial charge is 0.323 e. The number of nitrogens with zero attached hydrogens (tertiary/aromatic N) is 2. The number of carboxylic acids is 1. The van der Waals surface area contributed by atoms with Gasteiger partial charge in [0.05, 0.1) is 17.8 Å². The highest BCUT2D eigenvalue weighted by Crippen LogP contribution is 2.24. The van der Waals surface area contributed by atoms with Gasteiger partial charge in [-0.25, -0.2) is 0 Å². The van der Waals surface area contributed by atoms with E-state index < -0.39 is 18.4 Å². The molecule has 2 amide bonds. The molecule has 130 valence electrons. The van der Waals surface area contributed by atoms with Gasteiger partial charge in [0, 0.05) is 12.7 Å². The number of anilines is 2. The van der Waals surface area contributed by atoms with Crippen molar-refractivity contribution in [2.24, 2.45) is 5.73 Å². The minimum atomic E-state index is -1.19. The standard InChI is InChI=1S/C18H19N3O4/c1-20(13-7-3-2-4-8-13)18(25)14-9-5-6-10-15(14)21(12-17(23)24)16(22)11-19/h2-10H,11-12,19H2,1H3,(H,23,24). The third-order valence-electron chi connectivity index (χ3n) is 3.64. The third-order valence-corrected chi connectivity index (χ3v) is 3.64. The van der Waals surface area contributed by atoms with Gasteiger partial charge in [-0.1, -0.05) is 30.3 Å². The molecule has 0 aromatic heterocycles. The summed E-state index contributed by atoms with van der Waals surface area (Å²) in [5.41, 5.74) is 6.50. The fraction of sp³-hybridized carbons (Fsp3) is 0.167. The van der Waals surface area contributed by atoms with Gasteiger partial charge < -0.3 is 15.7 Å². The van der Waals surface area contributed by atoms with E-state index >= 15 is 0 Å². The molecule has 0 unspecified atom stereocenters. The predicted molar refractivity (Wildman–Crippen MR) is 94.7 cm³/mol. The first kappa shape index (κ1) is 18.2. The Morgan fingerprint density at radius 3 is 2.20 bits per heavy atom. The zero-order valence-electron chi connectivity index (χ0n) is 13.8. The van der Waals surface area contributed by atoms with Crippen LogP contribution in [0.3, 0.4) is 0 Å². The highest BCUT2D eigenvalue weighted by Gasteiger charge is 2.24. The summed E-state index contributed by atoms with van der Waals surface area (Å²) in [5.74, 6) is -2.13. The van der Waals surface area contributed by atoms with E-state index in [-0.39, 0.29) is 23.7 Å². The molecule has 3 N–H and O–H groups in total. The van der Waals surface area contributed by atoms with E-state index in [0.717, 1.165) is 4.90 Å². The number of carbonyl (C=O) groups is 3. The van der Waals surface area contributed by atoms with E-state index in [9.17, 15) is 14.4 Å². The van der Waals surface area contributed by atoms with Gasteiger partial charge in [0.1, 0.15) is 6.54 Å². The van der Waals surface area contributed by atoms with Crippen LogP contribution >= 0.6 is 0 Å². The lowest BCUT2D eigenvalue weighted by atomic mass is 10.1. The number of aliphatic carboxylic acids is 1. The SMILES string of the molecule is CN(C(=O)c1ccccc1N(CC(=O)O)C(=O)CN)c1ccccc1. The average Bonchev–Trinajstić information content (AvgIpc) is 2.65. The molecule has 0 saturated heterocycles. The molecule has 0 aliphatic carbocycles. The van der Waals surface area contributed by atoms with Crippen molar-refractivity contribution in [3.63, 3.8) is 0 Å². The first-order chi connectivity index (χ1) is 12.0. The van der Waals surface area contributed by atoms with Crippen molar-refractivity contribution in [1.29, 1.82) is 0 Å². The fourth-order valence-electron chi connectivity index (χ4n) is 2.39. The zero-order valence-corrected chi connectivity index (χ0v) is 13.8. The third kappa shape index (κ3) is 4.21. The largest absolute Gasteiger partial charge is 0.480 e. The Hall–Kier alpha value is -3.19. The predicted octanol–water partition coefficient (Wildman–Crippen LogP) is 1.34. The molecule has 0 heterocycles. The maximum absolute atomic E-state index is 12.9. The highest BCUT2D eigenvalue weighted by molar-refractivity contribution is 6.12. The van der Waals surface area contributed by atoms with Crippen molar-refractivity contribution in [2.75, 3.05) is 29.9 Å². The normalized spacial score (nSPS) is 10.2. The summed E-state index contributed by atoms with van der Waals surface area (Å²) in [7, 11) is 1.61. The van der Waals surface area contributed by atoms with E-state index in [1.165, 1.54) is 11.0 Å². The molecule has 0 spiro atoms. The summed E-state index contributed by atoms with van der Waals surface area (Å²) in [6.45, 7) is -0.931. The Bertz CT molecular complexity index is 777. The molecule has 25 heavy (non-hydrogen) atoms. The monoisotopic (exact) mass is 341 g/mol. The summed E-state index contributed by atoms with van der Waals surface area (Å²) >= 11 is 0. The number of para-hydroxylation sites is 2. The summed E-state index contributed by atoms with van der Waals surface area (Å²) < 4.78 is 0.